The molecule has 0 heterocycles. The molecular formula is C29H46N4O7. The van der Waals surface area contributed by atoms with Crippen molar-refractivity contribution in [2.75, 3.05) is 19.7 Å². The van der Waals surface area contributed by atoms with E-state index in [0.717, 1.165) is 17.5 Å². The maximum Gasteiger partial charge on any atom is 0.408 e. The van der Waals surface area contributed by atoms with Gasteiger partial charge in [0.2, 0.25) is 17.7 Å². The van der Waals surface area contributed by atoms with Crippen LogP contribution < -0.4 is 16.4 Å². The lowest BCUT2D eigenvalue weighted by molar-refractivity contribution is -0.144. The van der Waals surface area contributed by atoms with Gasteiger partial charge in [-0.15, -0.1) is 0 Å². The quantitative estimate of drug-likeness (QED) is 0.277. The minimum Gasteiger partial charge on any atom is -0.466 e. The van der Waals surface area contributed by atoms with Gasteiger partial charge in [-0.2, -0.15) is 0 Å². The zero-order valence-corrected chi connectivity index (χ0v) is 24.9. The van der Waals surface area contributed by atoms with Crippen molar-refractivity contribution < 1.29 is 33.4 Å². The van der Waals surface area contributed by atoms with Gasteiger partial charge in [-0.05, 0) is 59.9 Å². The van der Waals surface area contributed by atoms with Gasteiger partial charge in [0.05, 0.1) is 13.0 Å². The van der Waals surface area contributed by atoms with Crippen LogP contribution in [-0.4, -0.2) is 66.0 Å². The molecule has 4 N–H and O–H groups in total. The van der Waals surface area contributed by atoms with E-state index in [1.165, 1.54) is 4.90 Å². The smallest absolute Gasteiger partial charge is 0.408 e. The van der Waals surface area contributed by atoms with Crippen molar-refractivity contribution in [3.63, 3.8) is 0 Å². The normalized spacial score (nSPS) is 12.6. The van der Waals surface area contributed by atoms with E-state index in [4.69, 9.17) is 15.2 Å². The number of rotatable bonds is 15. The molecule has 224 valence electrons. The number of unbranched alkanes of at least 4 members (excludes halogenated alkanes) is 1. The number of amides is 4. The van der Waals surface area contributed by atoms with E-state index in [-0.39, 0.29) is 39.0 Å². The number of hydrogen-bond donors (Lipinski definition) is 3. The monoisotopic (exact) mass is 562 g/mol. The first kappa shape index (κ1) is 34.4. The second kappa shape index (κ2) is 16.5. The van der Waals surface area contributed by atoms with Gasteiger partial charge in [0.25, 0.3) is 0 Å². The number of nitrogens with two attached hydrogens (primary N) is 1. The first-order valence-electron chi connectivity index (χ1n) is 13.8. The molecule has 0 aromatic heterocycles. The van der Waals surface area contributed by atoms with Crippen LogP contribution in [0.2, 0.25) is 0 Å². The highest BCUT2D eigenvalue weighted by Gasteiger charge is 2.36. The second-order valence-electron chi connectivity index (χ2n) is 10.8. The van der Waals surface area contributed by atoms with Crippen LogP contribution in [0.25, 0.3) is 0 Å². The van der Waals surface area contributed by atoms with Crippen LogP contribution in [0.15, 0.2) is 18.2 Å². The Bertz CT molecular complexity index is 1020. The standard InChI is InChI=1S/C29H46N4O7/c1-8-10-15-33(27(37)22(11-12-23(30)34)32-28(38)40-29(5,6)7)25(21-17-19(3)16-20(4)18-21)26(36)31-14-13-24(35)39-9-2/h16-18,22,25H,8-15H2,1-7H3,(H2,30,34)(H,31,36)(H,32,38). The molecule has 11 heteroatoms. The fourth-order valence-corrected chi connectivity index (χ4v) is 4.15. The molecule has 1 aromatic rings. The fraction of sp³-hybridized carbons (Fsp3) is 0.621. The summed E-state index contributed by atoms with van der Waals surface area (Å²) in [5.41, 5.74) is 6.93. The molecule has 0 aliphatic carbocycles. The third-order valence-electron chi connectivity index (χ3n) is 5.76. The van der Waals surface area contributed by atoms with Gasteiger partial charge in [-0.3, -0.25) is 19.2 Å². The predicted molar refractivity (Wildman–Crippen MR) is 151 cm³/mol. The maximum absolute atomic E-state index is 14.1. The Morgan fingerprint density at radius 3 is 2.15 bits per heavy atom. The topological polar surface area (TPSA) is 157 Å². The minimum atomic E-state index is -1.17. The largest absolute Gasteiger partial charge is 0.466 e. The van der Waals surface area contributed by atoms with Crippen molar-refractivity contribution in [2.45, 2.75) is 98.3 Å². The van der Waals surface area contributed by atoms with Crippen LogP contribution in [0.5, 0.6) is 0 Å². The van der Waals surface area contributed by atoms with Crippen LogP contribution in [0.4, 0.5) is 4.79 Å². The summed E-state index contributed by atoms with van der Waals surface area (Å²) in [6, 6.07) is 3.39. The Morgan fingerprint density at radius 1 is 1.00 bits per heavy atom. The van der Waals surface area contributed by atoms with Crippen LogP contribution in [0.3, 0.4) is 0 Å². The van der Waals surface area contributed by atoms with E-state index < -0.39 is 47.5 Å². The van der Waals surface area contributed by atoms with Gasteiger partial charge >= 0.3 is 12.1 Å². The van der Waals surface area contributed by atoms with Gasteiger partial charge < -0.3 is 30.7 Å². The van der Waals surface area contributed by atoms with Crippen LogP contribution in [0.1, 0.15) is 89.5 Å². The maximum atomic E-state index is 14.1. The molecule has 0 saturated heterocycles. The Labute approximate surface area is 237 Å². The van der Waals surface area contributed by atoms with E-state index in [1.54, 1.807) is 27.7 Å². The lowest BCUT2D eigenvalue weighted by Crippen LogP contribution is -2.53. The van der Waals surface area contributed by atoms with Gasteiger partial charge in [-0.25, -0.2) is 4.79 Å². The Morgan fingerprint density at radius 2 is 1.62 bits per heavy atom. The average Bonchev–Trinajstić information content (AvgIpc) is 2.82. The summed E-state index contributed by atoms with van der Waals surface area (Å²) >= 11 is 0. The Kier molecular flexibility index (Phi) is 14.2. The number of primary amides is 1. The van der Waals surface area contributed by atoms with Crippen molar-refractivity contribution in [1.82, 2.24) is 15.5 Å². The van der Waals surface area contributed by atoms with Crippen molar-refractivity contribution in [2.24, 2.45) is 5.73 Å². The summed E-state index contributed by atoms with van der Waals surface area (Å²) in [5, 5.41) is 5.34. The van der Waals surface area contributed by atoms with Gasteiger partial charge in [0, 0.05) is 19.5 Å². The highest BCUT2D eigenvalue weighted by atomic mass is 16.6. The van der Waals surface area contributed by atoms with E-state index >= 15 is 0 Å². The Balaban J connectivity index is 3.49. The molecule has 0 saturated carbocycles. The minimum absolute atomic E-state index is 0.0238. The highest BCUT2D eigenvalue weighted by molar-refractivity contribution is 5.92. The third-order valence-corrected chi connectivity index (χ3v) is 5.76. The van der Waals surface area contributed by atoms with E-state index in [1.807, 2.05) is 39.0 Å². The molecule has 1 rings (SSSR count). The number of aryl methyl sites for hydroxylation is 2. The summed E-state index contributed by atoms with van der Waals surface area (Å²) in [6.45, 7) is 13.0. The number of carbonyl (C=O) groups is 5. The second-order valence-corrected chi connectivity index (χ2v) is 10.8. The number of nitrogens with one attached hydrogen (secondary N) is 2. The molecule has 40 heavy (non-hydrogen) atoms. The average molecular weight is 563 g/mol. The number of nitrogens with zero attached hydrogens (tertiary/aromatic N) is 1. The summed E-state index contributed by atoms with van der Waals surface area (Å²) in [4.78, 5) is 65.2. The van der Waals surface area contributed by atoms with Gasteiger partial charge in [-0.1, -0.05) is 42.7 Å². The highest BCUT2D eigenvalue weighted by Crippen LogP contribution is 2.26. The van der Waals surface area contributed by atoms with Crippen LogP contribution in [-0.2, 0) is 28.7 Å². The number of esters is 1. The summed E-state index contributed by atoms with van der Waals surface area (Å²) < 4.78 is 10.3. The molecule has 0 fully saturated rings. The summed E-state index contributed by atoms with van der Waals surface area (Å²) in [7, 11) is 0. The molecular weight excluding hydrogens is 516 g/mol. The number of alkyl carbamates (subject to hydrolysis) is 1. The lowest BCUT2D eigenvalue weighted by Gasteiger charge is -2.34. The number of benzene rings is 1. The number of carbonyl (C=O) groups excluding carboxylic acids is 5. The fourth-order valence-electron chi connectivity index (χ4n) is 4.15. The van der Waals surface area contributed by atoms with E-state index in [9.17, 15) is 24.0 Å². The molecule has 0 spiro atoms. The predicted octanol–water partition coefficient (Wildman–Crippen LogP) is 3.20. The third kappa shape index (κ3) is 12.5. The van der Waals surface area contributed by atoms with Crippen molar-refractivity contribution in [3.8, 4) is 0 Å². The molecule has 0 radical (unpaired) electrons. The first-order valence-corrected chi connectivity index (χ1v) is 13.8. The van der Waals surface area contributed by atoms with Crippen molar-refractivity contribution in [1.29, 1.82) is 0 Å². The van der Waals surface area contributed by atoms with Crippen molar-refractivity contribution in [3.05, 3.63) is 34.9 Å². The van der Waals surface area contributed by atoms with Gasteiger partial charge in [0.1, 0.15) is 17.7 Å². The van der Waals surface area contributed by atoms with E-state index in [0.29, 0.717) is 12.0 Å². The van der Waals surface area contributed by atoms with Crippen LogP contribution >= 0.6 is 0 Å². The molecule has 0 aliphatic heterocycles. The van der Waals surface area contributed by atoms with Crippen molar-refractivity contribution >= 4 is 29.8 Å². The zero-order chi connectivity index (χ0) is 30.5. The molecule has 0 aliphatic rings. The summed E-state index contributed by atoms with van der Waals surface area (Å²) in [6.07, 6.45) is 0.238. The lowest BCUT2D eigenvalue weighted by atomic mass is 9.97. The molecule has 4 amide bonds. The number of hydrogen-bond acceptors (Lipinski definition) is 7. The summed E-state index contributed by atoms with van der Waals surface area (Å²) in [5.74, 6) is -2.11. The molecule has 0 bridgehead atoms. The SMILES string of the molecule is CCCCN(C(=O)C(CCC(N)=O)NC(=O)OC(C)(C)C)C(C(=O)NCCC(=O)OCC)c1cc(C)cc(C)c1. The van der Waals surface area contributed by atoms with E-state index in [2.05, 4.69) is 10.6 Å². The molecule has 1 aromatic carbocycles. The van der Waals surface area contributed by atoms with Gasteiger partial charge in [0.15, 0.2) is 0 Å². The zero-order valence-electron chi connectivity index (χ0n) is 24.9. The van der Waals surface area contributed by atoms with Crippen LogP contribution in [0, 0.1) is 13.8 Å². The Hall–Kier alpha value is -3.63. The molecule has 11 nitrogen and oxygen atoms in total. The first-order chi connectivity index (χ1) is 18.7. The molecule has 2 unspecified atom stereocenters. The molecule has 2 atom stereocenters. The number of ether oxygens (including phenoxy) is 2.